The van der Waals surface area contributed by atoms with E-state index >= 15 is 0 Å². The monoisotopic (exact) mass is 288 g/mol. The predicted molar refractivity (Wildman–Crippen MR) is 76.2 cm³/mol. The van der Waals surface area contributed by atoms with Gasteiger partial charge in [-0.05, 0) is 31.2 Å². The summed E-state index contributed by atoms with van der Waals surface area (Å²) in [4.78, 5) is 11.7. The number of amides is 1. The maximum atomic E-state index is 11.8. The molecule has 0 aliphatic heterocycles. The van der Waals surface area contributed by atoms with Crippen molar-refractivity contribution in [1.82, 2.24) is 0 Å². The quantitative estimate of drug-likeness (QED) is 0.838. The van der Waals surface area contributed by atoms with Crippen LogP contribution in [0.25, 0.3) is 0 Å². The smallest absolute Gasteiger partial charge is 0.237 e. The molecule has 0 aliphatic rings. The van der Waals surface area contributed by atoms with Gasteiger partial charge in [0.15, 0.2) is 0 Å². The van der Waals surface area contributed by atoms with Gasteiger partial charge < -0.3 is 11.1 Å². The number of halogens is 1. The van der Waals surface area contributed by atoms with Crippen LogP contribution in [-0.2, 0) is 15.6 Å². The summed E-state index contributed by atoms with van der Waals surface area (Å²) >= 11 is 5.80. The van der Waals surface area contributed by atoms with Crippen molar-refractivity contribution >= 4 is 34.0 Å². The van der Waals surface area contributed by atoms with Crippen molar-refractivity contribution in [2.24, 2.45) is 5.73 Å². The molecular weight excluding hydrogens is 272 g/mol. The summed E-state index contributed by atoms with van der Waals surface area (Å²) in [7, 11) is -1.20. The lowest BCUT2D eigenvalue weighted by Crippen LogP contribution is -2.26. The van der Waals surface area contributed by atoms with Crippen LogP contribution in [0.3, 0.4) is 0 Å². The molecule has 6 heteroatoms. The maximum Gasteiger partial charge on any atom is 0.237 e. The third kappa shape index (κ3) is 5.16. The molecule has 18 heavy (non-hydrogen) atoms. The zero-order valence-electron chi connectivity index (χ0n) is 10.2. The van der Waals surface area contributed by atoms with Crippen LogP contribution in [0.1, 0.15) is 13.3 Å². The molecule has 0 aromatic heterocycles. The fourth-order valence-corrected chi connectivity index (χ4v) is 2.61. The van der Waals surface area contributed by atoms with Crippen molar-refractivity contribution in [3.8, 4) is 0 Å². The van der Waals surface area contributed by atoms with Gasteiger partial charge >= 0.3 is 0 Å². The van der Waals surface area contributed by atoms with E-state index in [1.54, 1.807) is 24.3 Å². The average molecular weight is 289 g/mol. The van der Waals surface area contributed by atoms with Gasteiger partial charge in [0.1, 0.15) is 5.75 Å². The lowest BCUT2D eigenvalue weighted by atomic mass is 10.3. The van der Waals surface area contributed by atoms with Crippen LogP contribution in [0.4, 0.5) is 5.69 Å². The molecule has 100 valence electrons. The van der Waals surface area contributed by atoms with E-state index in [1.165, 1.54) is 0 Å². The van der Waals surface area contributed by atoms with E-state index < -0.39 is 10.8 Å². The average Bonchev–Trinajstić information content (AvgIpc) is 2.28. The third-order valence-electron chi connectivity index (χ3n) is 2.40. The molecule has 0 fully saturated rings. The van der Waals surface area contributed by atoms with Crippen LogP contribution >= 0.6 is 11.6 Å². The molecule has 0 bridgehead atoms. The van der Waals surface area contributed by atoms with E-state index in [2.05, 4.69) is 5.32 Å². The van der Waals surface area contributed by atoms with Gasteiger partial charge in [0.2, 0.25) is 5.91 Å². The van der Waals surface area contributed by atoms with Crippen LogP contribution < -0.4 is 11.1 Å². The summed E-state index contributed by atoms with van der Waals surface area (Å²) in [5, 5.41) is 3.14. The highest BCUT2D eigenvalue weighted by Crippen LogP contribution is 2.14. The van der Waals surface area contributed by atoms with Crippen molar-refractivity contribution < 1.29 is 9.00 Å². The number of nitrogens with two attached hydrogens (primary N) is 1. The summed E-state index contributed by atoms with van der Waals surface area (Å²) in [5.74, 6) is -0.298. The minimum absolute atomic E-state index is 0.0202. The molecule has 0 radical (unpaired) electrons. The Hall–Kier alpha value is -0.910. The number of hydrogen-bond acceptors (Lipinski definition) is 3. The molecule has 2 atom stereocenters. The van der Waals surface area contributed by atoms with Crippen molar-refractivity contribution in [1.29, 1.82) is 0 Å². The van der Waals surface area contributed by atoms with Crippen LogP contribution in [0.15, 0.2) is 24.3 Å². The molecule has 0 spiro atoms. The third-order valence-corrected chi connectivity index (χ3v) is 4.32. The summed E-state index contributed by atoms with van der Waals surface area (Å²) < 4.78 is 11.8. The first-order chi connectivity index (χ1) is 8.52. The van der Waals surface area contributed by atoms with E-state index in [1.807, 2.05) is 6.92 Å². The van der Waals surface area contributed by atoms with Gasteiger partial charge in [0.05, 0.1) is 0 Å². The van der Waals surface area contributed by atoms with E-state index in [-0.39, 0.29) is 16.9 Å². The number of rotatable bonds is 6. The molecule has 0 aliphatic carbocycles. The number of carbonyl (C=O) groups excluding carboxylic acids is 1. The summed E-state index contributed by atoms with van der Waals surface area (Å²) in [5.41, 5.74) is 6.00. The molecule has 0 heterocycles. The zero-order chi connectivity index (χ0) is 13.5. The number of benzene rings is 1. The van der Waals surface area contributed by atoms with Gasteiger partial charge in [-0.3, -0.25) is 9.00 Å². The van der Waals surface area contributed by atoms with E-state index in [0.29, 0.717) is 23.7 Å². The first-order valence-electron chi connectivity index (χ1n) is 5.65. The lowest BCUT2D eigenvalue weighted by Gasteiger charge is -2.10. The van der Waals surface area contributed by atoms with Crippen molar-refractivity contribution in [2.45, 2.75) is 18.6 Å². The highest BCUT2D eigenvalue weighted by atomic mass is 35.5. The molecule has 4 nitrogen and oxygen atoms in total. The molecule has 1 amide bonds. The second-order valence-electron chi connectivity index (χ2n) is 3.97. The Kier molecular flexibility index (Phi) is 6.32. The van der Waals surface area contributed by atoms with Crippen LogP contribution in [0.5, 0.6) is 0 Å². The second-order valence-corrected chi connectivity index (χ2v) is 6.26. The molecule has 0 saturated heterocycles. The summed E-state index contributed by atoms with van der Waals surface area (Å²) in [6.45, 7) is 2.30. The topological polar surface area (TPSA) is 72.2 Å². The van der Waals surface area contributed by atoms with Gasteiger partial charge in [-0.15, -0.1) is 0 Å². The highest BCUT2D eigenvalue weighted by molar-refractivity contribution is 7.86. The molecule has 2 unspecified atom stereocenters. The predicted octanol–water partition coefficient (Wildman–Crippen LogP) is 1.76. The van der Waals surface area contributed by atoms with E-state index in [0.717, 1.165) is 0 Å². The van der Waals surface area contributed by atoms with Gasteiger partial charge in [-0.2, -0.15) is 0 Å². The van der Waals surface area contributed by atoms with E-state index in [9.17, 15) is 9.00 Å². The second kappa shape index (κ2) is 7.51. The molecule has 3 N–H and O–H groups in total. The van der Waals surface area contributed by atoms with Crippen molar-refractivity contribution in [2.75, 3.05) is 17.6 Å². The van der Waals surface area contributed by atoms with Crippen LogP contribution in [0, 0.1) is 0 Å². The Labute approximate surface area is 114 Å². The zero-order valence-corrected chi connectivity index (χ0v) is 11.8. The SMILES string of the molecule is CC(CCN)S(=O)CC(=O)Nc1cccc(Cl)c1. The fourth-order valence-electron chi connectivity index (χ4n) is 1.40. The molecule has 1 rings (SSSR count). The number of anilines is 1. The minimum atomic E-state index is -1.20. The number of hydrogen-bond donors (Lipinski definition) is 2. The lowest BCUT2D eigenvalue weighted by molar-refractivity contribution is -0.113. The number of nitrogens with one attached hydrogen (secondary N) is 1. The normalized spacial score (nSPS) is 13.9. The summed E-state index contributed by atoms with van der Waals surface area (Å²) in [6, 6.07) is 6.84. The summed E-state index contributed by atoms with van der Waals surface area (Å²) in [6.07, 6.45) is 0.650. The first kappa shape index (κ1) is 15.1. The molecule has 1 aromatic carbocycles. The number of carbonyl (C=O) groups is 1. The van der Waals surface area contributed by atoms with Gasteiger partial charge in [0, 0.05) is 26.8 Å². The Bertz CT molecular complexity index is 440. The Morgan fingerprint density at radius 3 is 2.89 bits per heavy atom. The first-order valence-corrected chi connectivity index (χ1v) is 7.41. The van der Waals surface area contributed by atoms with Gasteiger partial charge in [-0.1, -0.05) is 24.6 Å². The van der Waals surface area contributed by atoms with Crippen molar-refractivity contribution in [3.63, 3.8) is 0 Å². The largest absolute Gasteiger partial charge is 0.330 e. The van der Waals surface area contributed by atoms with Crippen molar-refractivity contribution in [3.05, 3.63) is 29.3 Å². The van der Waals surface area contributed by atoms with Crippen LogP contribution in [0.2, 0.25) is 5.02 Å². The standard InChI is InChI=1S/C12H17ClN2O2S/c1-9(5-6-14)18(17)8-12(16)15-11-4-2-3-10(13)7-11/h2-4,7,9H,5-6,8,14H2,1H3,(H,15,16). The maximum absolute atomic E-state index is 11.8. The molecule has 0 saturated carbocycles. The fraction of sp³-hybridized carbons (Fsp3) is 0.417. The van der Waals surface area contributed by atoms with Crippen LogP contribution in [-0.4, -0.2) is 27.7 Å². The highest BCUT2D eigenvalue weighted by Gasteiger charge is 2.14. The Balaban J connectivity index is 2.49. The molecule has 1 aromatic rings. The Morgan fingerprint density at radius 1 is 1.56 bits per heavy atom. The van der Waals surface area contributed by atoms with Gasteiger partial charge in [-0.25, -0.2) is 0 Å². The van der Waals surface area contributed by atoms with Gasteiger partial charge in [0.25, 0.3) is 0 Å². The minimum Gasteiger partial charge on any atom is -0.330 e. The Morgan fingerprint density at radius 2 is 2.28 bits per heavy atom. The molecular formula is C12H17ClN2O2S. The van der Waals surface area contributed by atoms with E-state index in [4.69, 9.17) is 17.3 Å².